The average Bonchev–Trinajstić information content (AvgIpc) is 3.15. The van der Waals surface area contributed by atoms with Crippen LogP contribution < -0.4 is 0 Å². The number of rotatable bonds is 5. The van der Waals surface area contributed by atoms with Gasteiger partial charge in [-0.05, 0) is 79.3 Å². The summed E-state index contributed by atoms with van der Waals surface area (Å²) in [7, 11) is 0. The lowest BCUT2D eigenvalue weighted by Gasteiger charge is -2.41. The van der Waals surface area contributed by atoms with Crippen molar-refractivity contribution in [3.63, 3.8) is 0 Å². The summed E-state index contributed by atoms with van der Waals surface area (Å²) < 4.78 is 0. The molecule has 0 spiro atoms. The second-order valence-corrected chi connectivity index (χ2v) is 8.95. The van der Waals surface area contributed by atoms with Gasteiger partial charge >= 0.3 is 0 Å². The van der Waals surface area contributed by atoms with Crippen molar-refractivity contribution in [2.45, 2.75) is 50.7 Å². The Kier molecular flexibility index (Phi) is 3.25. The van der Waals surface area contributed by atoms with E-state index in [1.54, 1.807) is 19.3 Å². The summed E-state index contributed by atoms with van der Waals surface area (Å²) in [4.78, 5) is 0. The quantitative estimate of drug-likeness (QED) is 0.387. The van der Waals surface area contributed by atoms with Crippen LogP contribution in [0.2, 0.25) is 0 Å². The summed E-state index contributed by atoms with van der Waals surface area (Å²) in [5, 5.41) is 1.03. The van der Waals surface area contributed by atoms with Crippen molar-refractivity contribution in [3.05, 3.63) is 12.7 Å². The van der Waals surface area contributed by atoms with Gasteiger partial charge in [0.1, 0.15) is 0 Å². The van der Waals surface area contributed by atoms with Crippen LogP contribution in [0.5, 0.6) is 0 Å². The van der Waals surface area contributed by atoms with E-state index in [0.29, 0.717) is 0 Å². The number of unbranched alkanes of at least 4 members (excludes halogenated alkanes) is 1. The fourth-order valence-electron chi connectivity index (χ4n) is 6.44. The Morgan fingerprint density at radius 1 is 1.05 bits per heavy atom. The van der Waals surface area contributed by atoms with E-state index in [-0.39, 0.29) is 0 Å². The van der Waals surface area contributed by atoms with E-state index in [0.717, 1.165) is 46.7 Å². The van der Waals surface area contributed by atoms with Gasteiger partial charge in [-0.1, -0.05) is 19.4 Å². The Morgan fingerprint density at radius 2 is 1.84 bits per heavy atom. The Morgan fingerprint density at radius 3 is 2.63 bits per heavy atom. The highest BCUT2D eigenvalue weighted by Gasteiger charge is 2.63. The van der Waals surface area contributed by atoms with E-state index >= 15 is 0 Å². The van der Waals surface area contributed by atoms with Crippen LogP contribution >= 0.6 is 11.8 Å². The zero-order valence-electron chi connectivity index (χ0n) is 12.3. The third-order valence-corrected chi connectivity index (χ3v) is 8.44. The lowest BCUT2D eigenvalue weighted by molar-refractivity contribution is 0.125. The van der Waals surface area contributed by atoms with Gasteiger partial charge < -0.3 is 0 Å². The first kappa shape index (κ1) is 12.8. The molecule has 2 unspecified atom stereocenters. The van der Waals surface area contributed by atoms with Crippen molar-refractivity contribution in [1.29, 1.82) is 0 Å². The van der Waals surface area contributed by atoms with Crippen LogP contribution in [0.1, 0.15) is 45.4 Å². The smallest absolute Gasteiger partial charge is 0.00810 e. The van der Waals surface area contributed by atoms with Crippen LogP contribution in [-0.2, 0) is 0 Å². The summed E-state index contributed by atoms with van der Waals surface area (Å²) in [6, 6.07) is 0. The predicted octanol–water partition coefficient (Wildman–Crippen LogP) is 5.00. The summed E-state index contributed by atoms with van der Waals surface area (Å²) in [5.41, 5.74) is 0. The van der Waals surface area contributed by atoms with Crippen molar-refractivity contribution in [1.82, 2.24) is 0 Å². The van der Waals surface area contributed by atoms with Gasteiger partial charge in [0.2, 0.25) is 0 Å². The van der Waals surface area contributed by atoms with E-state index < -0.39 is 0 Å². The molecule has 0 aromatic carbocycles. The summed E-state index contributed by atoms with van der Waals surface area (Å²) in [6.45, 7) is 6.43. The van der Waals surface area contributed by atoms with Gasteiger partial charge in [-0.25, -0.2) is 0 Å². The molecular formula is C18H28S. The molecular weight excluding hydrogens is 248 g/mol. The molecule has 4 rings (SSSR count). The molecule has 0 radical (unpaired) electrons. The molecule has 4 saturated carbocycles. The maximum atomic E-state index is 4.11. The molecule has 0 amide bonds. The lowest BCUT2D eigenvalue weighted by Crippen LogP contribution is -2.36. The second kappa shape index (κ2) is 4.83. The minimum absolute atomic E-state index is 0.881. The molecule has 8 atom stereocenters. The van der Waals surface area contributed by atoms with E-state index in [2.05, 4.69) is 31.3 Å². The highest BCUT2D eigenvalue weighted by molar-refractivity contribution is 7.99. The standard InChI is InChI=1S/C18H28S/c1-3-5-6-19-16-10-13-9-15(16)18-14-8-12(17(13)18)7-11(14)4-2/h4,11-18H,2-3,5-10H2,1H3/t11-,12+,13-,14+,15+,16-,17?,18?/m0/s1. The van der Waals surface area contributed by atoms with Crippen LogP contribution in [-0.4, -0.2) is 11.0 Å². The molecule has 0 aromatic heterocycles. The van der Waals surface area contributed by atoms with Crippen molar-refractivity contribution >= 4 is 11.8 Å². The van der Waals surface area contributed by atoms with Gasteiger partial charge in [0.15, 0.2) is 0 Å². The van der Waals surface area contributed by atoms with Crippen LogP contribution in [0, 0.1) is 41.4 Å². The number of thioether (sulfide) groups is 1. The third-order valence-electron chi connectivity index (χ3n) is 6.94. The number of allylic oxidation sites excluding steroid dienone is 1. The fourth-order valence-corrected chi connectivity index (χ4v) is 8.12. The van der Waals surface area contributed by atoms with Crippen LogP contribution in [0.15, 0.2) is 12.7 Å². The minimum Gasteiger partial charge on any atom is -0.158 e. The van der Waals surface area contributed by atoms with Crippen molar-refractivity contribution < 1.29 is 0 Å². The molecule has 0 saturated heterocycles. The molecule has 0 aliphatic heterocycles. The van der Waals surface area contributed by atoms with Crippen molar-refractivity contribution in [2.75, 3.05) is 5.75 Å². The summed E-state index contributed by atoms with van der Waals surface area (Å²) >= 11 is 2.33. The monoisotopic (exact) mass is 276 g/mol. The number of hydrogen-bond acceptors (Lipinski definition) is 1. The summed E-state index contributed by atoms with van der Waals surface area (Å²) in [6.07, 6.45) is 11.3. The maximum Gasteiger partial charge on any atom is 0.00810 e. The van der Waals surface area contributed by atoms with Gasteiger partial charge in [0, 0.05) is 5.25 Å². The molecule has 1 heteroatoms. The van der Waals surface area contributed by atoms with Gasteiger partial charge in [-0.3, -0.25) is 0 Å². The average molecular weight is 276 g/mol. The molecule has 19 heavy (non-hydrogen) atoms. The molecule has 0 N–H and O–H groups in total. The van der Waals surface area contributed by atoms with Gasteiger partial charge in [0.05, 0.1) is 0 Å². The number of fused-ring (bicyclic) bond motifs is 9. The highest BCUT2D eigenvalue weighted by atomic mass is 32.2. The van der Waals surface area contributed by atoms with Crippen LogP contribution in [0.4, 0.5) is 0 Å². The van der Waals surface area contributed by atoms with Crippen LogP contribution in [0.25, 0.3) is 0 Å². The van der Waals surface area contributed by atoms with E-state index in [9.17, 15) is 0 Å². The predicted molar refractivity (Wildman–Crippen MR) is 84.2 cm³/mol. The first-order valence-electron chi connectivity index (χ1n) is 8.57. The molecule has 4 aliphatic rings. The number of hydrogen-bond donors (Lipinski definition) is 0. The largest absolute Gasteiger partial charge is 0.158 e. The molecule has 0 nitrogen and oxygen atoms in total. The van der Waals surface area contributed by atoms with E-state index in [1.807, 2.05) is 0 Å². The zero-order chi connectivity index (χ0) is 13.0. The molecule has 4 bridgehead atoms. The van der Waals surface area contributed by atoms with E-state index in [1.165, 1.54) is 25.0 Å². The van der Waals surface area contributed by atoms with Crippen molar-refractivity contribution in [2.24, 2.45) is 41.4 Å². The summed E-state index contributed by atoms with van der Waals surface area (Å²) in [5.74, 6) is 8.90. The van der Waals surface area contributed by atoms with Crippen molar-refractivity contribution in [3.8, 4) is 0 Å². The Bertz CT molecular complexity index is 363. The SMILES string of the molecule is C=C[C@H]1C[C@@H]2C[C@H]1C1C2[C@@H]2C[C@H](SCCCC)[C@H]1C2. The molecule has 0 aromatic rings. The Balaban J connectivity index is 1.47. The lowest BCUT2D eigenvalue weighted by atomic mass is 9.67. The first-order chi connectivity index (χ1) is 9.33. The molecule has 4 aliphatic carbocycles. The second-order valence-electron chi connectivity index (χ2n) is 7.61. The topological polar surface area (TPSA) is 0 Å². The molecule has 0 heterocycles. The van der Waals surface area contributed by atoms with Crippen LogP contribution in [0.3, 0.4) is 0 Å². The normalized spacial score (nSPS) is 53.7. The maximum absolute atomic E-state index is 4.11. The Hall–Kier alpha value is 0.0900. The third kappa shape index (κ3) is 1.79. The highest BCUT2D eigenvalue weighted by Crippen LogP contribution is 2.70. The fraction of sp³-hybridized carbons (Fsp3) is 0.889. The first-order valence-corrected chi connectivity index (χ1v) is 9.62. The van der Waals surface area contributed by atoms with Gasteiger partial charge in [0.25, 0.3) is 0 Å². The molecule has 106 valence electrons. The Labute approximate surface area is 122 Å². The molecule has 4 fully saturated rings. The van der Waals surface area contributed by atoms with E-state index in [4.69, 9.17) is 0 Å². The minimum atomic E-state index is 0.881. The zero-order valence-corrected chi connectivity index (χ0v) is 13.1. The van der Waals surface area contributed by atoms with Gasteiger partial charge in [-0.2, -0.15) is 11.8 Å². The van der Waals surface area contributed by atoms with Gasteiger partial charge in [-0.15, -0.1) is 6.58 Å².